The monoisotopic (exact) mass is 347 g/mol. The Kier molecular flexibility index (Phi) is 6.19. The van der Waals surface area contributed by atoms with E-state index in [0.717, 1.165) is 12.1 Å². The van der Waals surface area contributed by atoms with Crippen LogP contribution in [0, 0.1) is 11.6 Å². The van der Waals surface area contributed by atoms with Gasteiger partial charge in [-0.2, -0.15) is 0 Å². The summed E-state index contributed by atoms with van der Waals surface area (Å²) >= 11 is 0. The topological polar surface area (TPSA) is 70.2 Å². The molecule has 0 radical (unpaired) electrons. The van der Waals surface area contributed by atoms with E-state index < -0.39 is 35.7 Å². The molecule has 0 fully saturated rings. The van der Waals surface area contributed by atoms with E-state index >= 15 is 0 Å². The summed E-state index contributed by atoms with van der Waals surface area (Å²) in [5, 5.41) is 7.49. The third kappa shape index (κ3) is 4.84. The van der Waals surface area contributed by atoms with E-state index in [9.17, 15) is 18.4 Å². The van der Waals surface area contributed by atoms with E-state index in [2.05, 4.69) is 16.0 Å². The van der Waals surface area contributed by atoms with Gasteiger partial charge in [-0.05, 0) is 18.6 Å². The third-order valence-electron chi connectivity index (χ3n) is 3.70. The van der Waals surface area contributed by atoms with Crippen LogP contribution in [0.25, 0.3) is 0 Å². The van der Waals surface area contributed by atoms with Crippen molar-refractivity contribution >= 4 is 11.9 Å². The zero-order valence-electron chi connectivity index (χ0n) is 13.8. The minimum atomic E-state index is -0.891. The molecular weight excluding hydrogens is 328 g/mol. The Balaban J connectivity index is 2.26. The molecule has 0 saturated carbocycles. The average Bonchev–Trinajstić information content (AvgIpc) is 2.59. The molecule has 0 spiro atoms. The first-order chi connectivity index (χ1) is 11.9. The van der Waals surface area contributed by atoms with Crippen molar-refractivity contribution in [2.75, 3.05) is 7.05 Å². The number of amides is 3. The van der Waals surface area contributed by atoms with E-state index in [0.29, 0.717) is 5.56 Å². The van der Waals surface area contributed by atoms with E-state index in [-0.39, 0.29) is 5.56 Å². The number of benzene rings is 2. The number of carbonyl (C=O) groups is 2. The number of rotatable bonds is 5. The Morgan fingerprint density at radius 3 is 2.32 bits per heavy atom. The molecule has 0 aliphatic carbocycles. The molecule has 0 heterocycles. The molecule has 2 aromatic rings. The number of hydrogen-bond donors (Lipinski definition) is 3. The van der Waals surface area contributed by atoms with Crippen LogP contribution in [0.5, 0.6) is 0 Å². The Hall–Kier alpha value is -2.80. The van der Waals surface area contributed by atoms with E-state index in [1.54, 1.807) is 37.3 Å². The highest BCUT2D eigenvalue weighted by Gasteiger charge is 2.25. The van der Waals surface area contributed by atoms with Gasteiger partial charge in [0.05, 0.1) is 0 Å². The molecule has 7 heteroatoms. The summed E-state index contributed by atoms with van der Waals surface area (Å²) < 4.78 is 27.1. The van der Waals surface area contributed by atoms with Gasteiger partial charge in [0.25, 0.3) is 0 Å². The van der Waals surface area contributed by atoms with Crippen LogP contribution >= 0.6 is 0 Å². The van der Waals surface area contributed by atoms with Gasteiger partial charge in [0.1, 0.15) is 17.7 Å². The Morgan fingerprint density at radius 1 is 1.04 bits per heavy atom. The molecule has 0 aliphatic rings. The predicted molar refractivity (Wildman–Crippen MR) is 89.7 cm³/mol. The Morgan fingerprint density at radius 2 is 1.72 bits per heavy atom. The lowest BCUT2D eigenvalue weighted by Crippen LogP contribution is -2.44. The first-order valence-corrected chi connectivity index (χ1v) is 7.71. The minimum absolute atomic E-state index is 0.218. The lowest BCUT2D eigenvalue weighted by molar-refractivity contribution is -0.122. The van der Waals surface area contributed by atoms with Gasteiger partial charge in [0.15, 0.2) is 0 Å². The smallest absolute Gasteiger partial charge is 0.321 e. The van der Waals surface area contributed by atoms with Crippen LogP contribution in [-0.4, -0.2) is 19.0 Å². The molecule has 3 N–H and O–H groups in total. The van der Waals surface area contributed by atoms with E-state index in [1.807, 2.05) is 0 Å². The van der Waals surface area contributed by atoms with Crippen molar-refractivity contribution in [3.8, 4) is 0 Å². The Bertz CT molecular complexity index is 753. The van der Waals surface area contributed by atoms with Crippen LogP contribution in [0.2, 0.25) is 0 Å². The third-order valence-corrected chi connectivity index (χ3v) is 3.70. The van der Waals surface area contributed by atoms with Crippen molar-refractivity contribution < 1.29 is 18.4 Å². The van der Waals surface area contributed by atoms with Crippen LogP contribution in [0.1, 0.15) is 30.1 Å². The second kappa shape index (κ2) is 8.34. The highest BCUT2D eigenvalue weighted by Crippen LogP contribution is 2.22. The molecular formula is C18H19F2N3O2. The normalized spacial score (nSPS) is 13.0. The highest BCUT2D eigenvalue weighted by atomic mass is 19.1. The molecule has 132 valence electrons. The summed E-state index contributed by atoms with van der Waals surface area (Å²) in [7, 11) is 1.39. The lowest BCUT2D eigenvalue weighted by Gasteiger charge is -2.23. The Labute approximate surface area is 144 Å². The van der Waals surface area contributed by atoms with Crippen molar-refractivity contribution in [1.82, 2.24) is 16.0 Å². The SMILES string of the molecule is CNC(=O)NC(=O)[C@@H](N[C@H](C)c1ccc(F)cc1F)c1ccccc1. The maximum atomic E-state index is 14.0. The van der Waals surface area contributed by atoms with Crippen LogP contribution in [0.3, 0.4) is 0 Å². The second-order valence-electron chi connectivity index (χ2n) is 5.47. The summed E-state index contributed by atoms with van der Waals surface area (Å²) in [6, 6.07) is 9.85. The van der Waals surface area contributed by atoms with Gasteiger partial charge in [-0.1, -0.05) is 36.4 Å². The van der Waals surface area contributed by atoms with Crippen molar-refractivity contribution in [3.05, 3.63) is 71.3 Å². The molecule has 5 nitrogen and oxygen atoms in total. The molecule has 0 saturated heterocycles. The number of imide groups is 1. The summed E-state index contributed by atoms with van der Waals surface area (Å²) in [5.41, 5.74) is 0.827. The zero-order valence-corrected chi connectivity index (χ0v) is 13.8. The van der Waals surface area contributed by atoms with Crippen molar-refractivity contribution in [2.24, 2.45) is 0 Å². The average molecular weight is 347 g/mol. The lowest BCUT2D eigenvalue weighted by atomic mass is 10.0. The van der Waals surface area contributed by atoms with Gasteiger partial charge < -0.3 is 5.32 Å². The largest absolute Gasteiger partial charge is 0.341 e. The molecule has 3 amide bonds. The number of halogens is 2. The predicted octanol–water partition coefficient (Wildman–Crippen LogP) is 2.81. The van der Waals surface area contributed by atoms with E-state index in [4.69, 9.17) is 0 Å². The maximum absolute atomic E-state index is 14.0. The maximum Gasteiger partial charge on any atom is 0.321 e. The molecule has 2 atom stereocenters. The molecule has 0 aliphatic heterocycles. The zero-order chi connectivity index (χ0) is 18.4. The fourth-order valence-corrected chi connectivity index (χ4v) is 2.41. The van der Waals surface area contributed by atoms with Crippen LogP contribution in [0.4, 0.5) is 13.6 Å². The number of nitrogens with one attached hydrogen (secondary N) is 3. The molecule has 25 heavy (non-hydrogen) atoms. The van der Waals surface area contributed by atoms with Crippen LogP contribution in [0.15, 0.2) is 48.5 Å². The summed E-state index contributed by atoms with van der Waals surface area (Å²) in [6.45, 7) is 1.65. The second-order valence-corrected chi connectivity index (χ2v) is 5.47. The molecule has 2 aromatic carbocycles. The quantitative estimate of drug-likeness (QED) is 0.779. The highest BCUT2D eigenvalue weighted by molar-refractivity contribution is 5.97. The molecule has 0 bridgehead atoms. The number of urea groups is 1. The number of hydrogen-bond acceptors (Lipinski definition) is 3. The number of carbonyl (C=O) groups excluding carboxylic acids is 2. The van der Waals surface area contributed by atoms with Gasteiger partial charge in [0.2, 0.25) is 5.91 Å². The molecule has 0 unspecified atom stereocenters. The van der Waals surface area contributed by atoms with Gasteiger partial charge in [-0.25, -0.2) is 13.6 Å². The van der Waals surface area contributed by atoms with Gasteiger partial charge >= 0.3 is 6.03 Å². The molecule has 0 aromatic heterocycles. The minimum Gasteiger partial charge on any atom is -0.341 e. The summed E-state index contributed by atoms with van der Waals surface area (Å²) in [6.07, 6.45) is 0. The van der Waals surface area contributed by atoms with Crippen LogP contribution < -0.4 is 16.0 Å². The fourth-order valence-electron chi connectivity index (χ4n) is 2.41. The van der Waals surface area contributed by atoms with Crippen LogP contribution in [-0.2, 0) is 4.79 Å². The van der Waals surface area contributed by atoms with Gasteiger partial charge in [-0.3, -0.25) is 15.4 Å². The first kappa shape index (κ1) is 18.5. The van der Waals surface area contributed by atoms with Crippen molar-refractivity contribution in [2.45, 2.75) is 19.0 Å². The summed E-state index contributed by atoms with van der Waals surface area (Å²) in [5.74, 6) is -1.97. The summed E-state index contributed by atoms with van der Waals surface area (Å²) in [4.78, 5) is 23.9. The first-order valence-electron chi connectivity index (χ1n) is 7.71. The standard InChI is InChI=1S/C18H19F2N3O2/c1-11(14-9-8-13(19)10-15(14)20)22-16(12-6-4-3-5-7-12)17(24)23-18(25)21-2/h3-11,16,22H,1-2H3,(H2,21,23,24,25)/t11-,16+/m1/s1. The van der Waals surface area contributed by atoms with Crippen molar-refractivity contribution in [3.63, 3.8) is 0 Å². The van der Waals surface area contributed by atoms with E-state index in [1.165, 1.54) is 13.1 Å². The van der Waals surface area contributed by atoms with Crippen molar-refractivity contribution in [1.29, 1.82) is 0 Å². The van der Waals surface area contributed by atoms with Gasteiger partial charge in [0, 0.05) is 24.7 Å². The van der Waals surface area contributed by atoms with Gasteiger partial charge in [-0.15, -0.1) is 0 Å². The molecule has 2 rings (SSSR count). The fraction of sp³-hybridized carbons (Fsp3) is 0.222.